The van der Waals surface area contributed by atoms with Crippen molar-refractivity contribution in [3.8, 4) is 11.5 Å². The molecule has 0 atom stereocenters. The monoisotopic (exact) mass is 499 g/mol. The topological polar surface area (TPSA) is 143 Å². The van der Waals surface area contributed by atoms with E-state index in [9.17, 15) is 4.79 Å². The number of rotatable bonds is 12. The van der Waals surface area contributed by atoms with E-state index in [0.29, 0.717) is 29.8 Å². The highest BCUT2D eigenvalue weighted by molar-refractivity contribution is 5.85. The summed E-state index contributed by atoms with van der Waals surface area (Å²) in [5, 5.41) is 19.6. The standard InChI is InChI=1S/C26H25N7O4/c1-2-36-21-15-9-10-18(23(21)37-17-22(34)35)16-27-33-26-31-24(28-19-11-5-3-6-12-19)30-25(32-26)29-20-13-7-4-8-14-20/h3-16H,2,17H2,1H3,(H,34,35)(H3,28,29,30,31,32,33). The van der Waals surface area contributed by atoms with Crippen molar-refractivity contribution in [2.24, 2.45) is 5.10 Å². The van der Waals surface area contributed by atoms with Gasteiger partial charge in [0.1, 0.15) is 0 Å². The number of carbonyl (C=O) groups is 1. The number of hydrazone groups is 1. The molecule has 0 radical (unpaired) electrons. The number of nitrogens with zero attached hydrogens (tertiary/aromatic N) is 4. The normalized spacial score (nSPS) is 10.6. The third-order valence-corrected chi connectivity index (χ3v) is 4.71. The molecule has 188 valence electrons. The highest BCUT2D eigenvalue weighted by Crippen LogP contribution is 2.30. The molecule has 0 aliphatic heterocycles. The third-order valence-electron chi connectivity index (χ3n) is 4.71. The van der Waals surface area contributed by atoms with Crippen molar-refractivity contribution in [1.82, 2.24) is 15.0 Å². The van der Waals surface area contributed by atoms with Crippen LogP contribution >= 0.6 is 0 Å². The van der Waals surface area contributed by atoms with Crippen LogP contribution in [-0.2, 0) is 4.79 Å². The molecule has 4 N–H and O–H groups in total. The molecule has 0 bridgehead atoms. The number of nitrogens with one attached hydrogen (secondary N) is 3. The van der Waals surface area contributed by atoms with E-state index in [1.807, 2.05) is 67.6 Å². The molecule has 1 heterocycles. The van der Waals surface area contributed by atoms with E-state index in [2.05, 4.69) is 36.1 Å². The predicted octanol–water partition coefficient (Wildman–Crippen LogP) is 4.67. The second kappa shape index (κ2) is 12.5. The van der Waals surface area contributed by atoms with Crippen molar-refractivity contribution >= 4 is 41.4 Å². The molecule has 11 nitrogen and oxygen atoms in total. The van der Waals surface area contributed by atoms with Gasteiger partial charge >= 0.3 is 5.97 Å². The van der Waals surface area contributed by atoms with Crippen molar-refractivity contribution in [2.45, 2.75) is 6.92 Å². The minimum Gasteiger partial charge on any atom is -0.490 e. The quantitative estimate of drug-likeness (QED) is 0.160. The first-order valence-electron chi connectivity index (χ1n) is 11.4. The number of aliphatic carboxylic acids is 1. The highest BCUT2D eigenvalue weighted by atomic mass is 16.5. The van der Waals surface area contributed by atoms with Crippen LogP contribution in [0.5, 0.6) is 11.5 Å². The maximum absolute atomic E-state index is 11.0. The second-order valence-corrected chi connectivity index (χ2v) is 7.45. The molecule has 0 fully saturated rings. The molecule has 0 spiro atoms. The molecule has 0 aliphatic rings. The molecular formula is C26H25N7O4. The van der Waals surface area contributed by atoms with Crippen LogP contribution in [0.15, 0.2) is 84.0 Å². The first-order valence-corrected chi connectivity index (χ1v) is 11.4. The average molecular weight is 500 g/mol. The van der Waals surface area contributed by atoms with Crippen LogP contribution < -0.4 is 25.5 Å². The summed E-state index contributed by atoms with van der Waals surface area (Å²) >= 11 is 0. The molecule has 1 aromatic heterocycles. The van der Waals surface area contributed by atoms with Crippen LogP contribution in [0.2, 0.25) is 0 Å². The molecule has 0 saturated carbocycles. The van der Waals surface area contributed by atoms with Gasteiger partial charge in [0.15, 0.2) is 18.1 Å². The Labute approximate surface area is 213 Å². The minimum atomic E-state index is -1.10. The fourth-order valence-corrected chi connectivity index (χ4v) is 3.19. The van der Waals surface area contributed by atoms with Crippen molar-refractivity contribution in [3.63, 3.8) is 0 Å². The molecule has 0 saturated heterocycles. The fraction of sp³-hybridized carbons (Fsp3) is 0.115. The van der Waals surface area contributed by atoms with Crippen LogP contribution in [0, 0.1) is 0 Å². The Morgan fingerprint density at radius 2 is 1.43 bits per heavy atom. The summed E-state index contributed by atoms with van der Waals surface area (Å²) in [7, 11) is 0. The zero-order valence-corrected chi connectivity index (χ0v) is 20.0. The molecule has 11 heteroatoms. The molecule has 4 aromatic rings. The molecular weight excluding hydrogens is 474 g/mol. The smallest absolute Gasteiger partial charge is 0.341 e. The van der Waals surface area contributed by atoms with Gasteiger partial charge in [0.05, 0.1) is 12.8 Å². The maximum atomic E-state index is 11.0. The lowest BCUT2D eigenvalue weighted by Gasteiger charge is -2.13. The summed E-state index contributed by atoms with van der Waals surface area (Å²) in [6, 6.07) is 24.2. The molecule has 3 aromatic carbocycles. The largest absolute Gasteiger partial charge is 0.490 e. The third kappa shape index (κ3) is 7.39. The SMILES string of the molecule is CCOc1cccc(C=NNc2nc(Nc3ccccc3)nc(Nc3ccccc3)n2)c1OCC(=O)O. The lowest BCUT2D eigenvalue weighted by molar-refractivity contribution is -0.139. The van der Waals surface area contributed by atoms with Crippen molar-refractivity contribution in [3.05, 3.63) is 84.4 Å². The maximum Gasteiger partial charge on any atom is 0.341 e. The Morgan fingerprint density at radius 1 is 0.838 bits per heavy atom. The fourth-order valence-electron chi connectivity index (χ4n) is 3.19. The number of carboxylic acid groups (broad SMARTS) is 1. The Kier molecular flexibility index (Phi) is 8.42. The number of aromatic nitrogens is 3. The van der Waals surface area contributed by atoms with Crippen molar-refractivity contribution in [2.75, 3.05) is 29.3 Å². The van der Waals surface area contributed by atoms with Crippen molar-refractivity contribution in [1.29, 1.82) is 0 Å². The Morgan fingerprint density at radius 3 is 2.00 bits per heavy atom. The van der Waals surface area contributed by atoms with Gasteiger partial charge in [-0.1, -0.05) is 42.5 Å². The van der Waals surface area contributed by atoms with Gasteiger partial charge in [-0.2, -0.15) is 20.1 Å². The van der Waals surface area contributed by atoms with Crippen molar-refractivity contribution < 1.29 is 19.4 Å². The van der Waals surface area contributed by atoms with E-state index in [0.717, 1.165) is 11.4 Å². The van der Waals surface area contributed by atoms with E-state index in [1.165, 1.54) is 6.21 Å². The van der Waals surface area contributed by atoms with Gasteiger partial charge in [-0.3, -0.25) is 0 Å². The first kappa shape index (κ1) is 24.9. The number of hydrogen-bond acceptors (Lipinski definition) is 10. The van der Waals surface area contributed by atoms with Crippen LogP contribution in [0.3, 0.4) is 0 Å². The number of ether oxygens (including phenoxy) is 2. The summed E-state index contributed by atoms with van der Waals surface area (Å²) in [4.78, 5) is 24.3. The van der Waals surface area contributed by atoms with Crippen LogP contribution in [0.4, 0.5) is 29.2 Å². The highest BCUT2D eigenvalue weighted by Gasteiger charge is 2.12. The van der Waals surface area contributed by atoms with Gasteiger partial charge < -0.3 is 25.2 Å². The molecule has 0 unspecified atom stereocenters. The van der Waals surface area contributed by atoms with E-state index >= 15 is 0 Å². The number of benzene rings is 3. The van der Waals surface area contributed by atoms with Gasteiger partial charge in [0, 0.05) is 16.9 Å². The molecule has 37 heavy (non-hydrogen) atoms. The minimum absolute atomic E-state index is 0.178. The van der Waals surface area contributed by atoms with Crippen LogP contribution in [-0.4, -0.2) is 45.5 Å². The number of anilines is 5. The summed E-state index contributed by atoms with van der Waals surface area (Å²) in [6.07, 6.45) is 1.47. The zero-order valence-electron chi connectivity index (χ0n) is 20.0. The number of para-hydroxylation sites is 3. The van der Waals surface area contributed by atoms with Gasteiger partial charge in [0.25, 0.3) is 0 Å². The average Bonchev–Trinajstić information content (AvgIpc) is 2.89. The lowest BCUT2D eigenvalue weighted by Crippen LogP contribution is -2.12. The van der Waals surface area contributed by atoms with Gasteiger partial charge in [-0.15, -0.1) is 0 Å². The summed E-state index contributed by atoms with van der Waals surface area (Å²) in [5.74, 6) is 0.371. The van der Waals surface area contributed by atoms with E-state index in [4.69, 9.17) is 14.6 Å². The summed E-state index contributed by atoms with van der Waals surface area (Å²) < 4.78 is 11.0. The Bertz CT molecular complexity index is 1290. The van der Waals surface area contributed by atoms with Gasteiger partial charge in [-0.25, -0.2) is 10.2 Å². The first-order chi connectivity index (χ1) is 18.1. The van der Waals surface area contributed by atoms with Gasteiger partial charge in [0.2, 0.25) is 17.8 Å². The molecule has 4 rings (SSSR count). The zero-order chi connectivity index (χ0) is 25.9. The molecule has 0 aliphatic carbocycles. The van der Waals surface area contributed by atoms with Gasteiger partial charge in [-0.05, 0) is 43.3 Å². The molecule has 0 amide bonds. The lowest BCUT2D eigenvalue weighted by atomic mass is 10.2. The summed E-state index contributed by atoms with van der Waals surface area (Å²) in [5.41, 5.74) is 4.93. The van der Waals surface area contributed by atoms with Crippen LogP contribution in [0.1, 0.15) is 12.5 Å². The summed E-state index contributed by atoms with van der Waals surface area (Å²) in [6.45, 7) is 1.70. The van der Waals surface area contributed by atoms with Crippen LogP contribution in [0.25, 0.3) is 0 Å². The Hall–Kier alpha value is -5.19. The predicted molar refractivity (Wildman–Crippen MR) is 141 cm³/mol. The number of hydrogen-bond donors (Lipinski definition) is 4. The van der Waals surface area contributed by atoms with E-state index in [-0.39, 0.29) is 11.7 Å². The number of carboxylic acids is 1. The van der Waals surface area contributed by atoms with E-state index in [1.54, 1.807) is 18.2 Å². The second-order valence-electron chi connectivity index (χ2n) is 7.45. The Balaban J connectivity index is 1.58. The van der Waals surface area contributed by atoms with E-state index < -0.39 is 12.6 Å².